The van der Waals surface area contributed by atoms with E-state index in [0.717, 1.165) is 6.07 Å². The lowest BCUT2D eigenvalue weighted by molar-refractivity contribution is -0.233. The van der Waals surface area contributed by atoms with Crippen LogP contribution in [0.5, 0.6) is 0 Å². The average Bonchev–Trinajstić information content (AvgIpc) is 2.75. The fourth-order valence-electron chi connectivity index (χ4n) is 3.92. The molecule has 0 saturated carbocycles. The number of aliphatic hydroxyl groups is 8. The van der Waals surface area contributed by atoms with Gasteiger partial charge in [-0.2, -0.15) is 13.2 Å². The van der Waals surface area contributed by atoms with Gasteiger partial charge in [0.2, 0.25) is 0 Å². The normalized spacial score (nSPS) is 41.0. The standard InChI is InChI=1S/C19H25F3O10/c20-19(21,22)8-2-6(17-15(29)13(27)11(25)9(4-23)31-17)1-7(3-8)18-16(30)14(28)12(26)10(5-24)32-18/h1-3,9-18,23-30H,4-5H2/t9-,10-,11-,12-,13+,14+,15-,16+,17-,18-/m1/s1. The summed E-state index contributed by atoms with van der Waals surface area (Å²) in [7, 11) is 0. The van der Waals surface area contributed by atoms with E-state index in [2.05, 4.69) is 0 Å². The summed E-state index contributed by atoms with van der Waals surface area (Å²) in [6.45, 7) is -1.58. The number of hydrogen-bond acceptors (Lipinski definition) is 10. The zero-order chi connectivity index (χ0) is 24.0. The highest BCUT2D eigenvalue weighted by Gasteiger charge is 2.47. The van der Waals surface area contributed by atoms with Gasteiger partial charge in [0.25, 0.3) is 0 Å². The molecule has 0 spiro atoms. The molecule has 32 heavy (non-hydrogen) atoms. The highest BCUT2D eigenvalue weighted by atomic mass is 19.4. The zero-order valence-corrected chi connectivity index (χ0v) is 16.4. The SMILES string of the molecule is OC[C@H]1O[C@H](c2cc([C@H]3O[C@H](CO)[C@@H](O)[C@H](O)[C@@H]3O)cc(C(F)(F)F)c2)[C@H](O)[C@@H](O)[C@@H]1O. The molecule has 13 heteroatoms. The van der Waals surface area contributed by atoms with Gasteiger partial charge in [-0.1, -0.05) is 6.07 Å². The van der Waals surface area contributed by atoms with E-state index in [-0.39, 0.29) is 11.1 Å². The second-order valence-corrected chi connectivity index (χ2v) is 7.89. The Morgan fingerprint density at radius 2 is 1.00 bits per heavy atom. The van der Waals surface area contributed by atoms with E-state index < -0.39 is 86.0 Å². The van der Waals surface area contributed by atoms with E-state index in [1.54, 1.807) is 0 Å². The summed E-state index contributed by atoms with van der Waals surface area (Å²) >= 11 is 0. The Labute approximate surface area is 179 Å². The van der Waals surface area contributed by atoms with Crippen LogP contribution in [-0.2, 0) is 15.7 Å². The fraction of sp³-hybridized carbons (Fsp3) is 0.684. The quantitative estimate of drug-likeness (QED) is 0.239. The number of hydrogen-bond donors (Lipinski definition) is 8. The third-order valence-corrected chi connectivity index (χ3v) is 5.75. The van der Waals surface area contributed by atoms with E-state index in [1.807, 2.05) is 0 Å². The van der Waals surface area contributed by atoms with Crippen LogP contribution in [0.1, 0.15) is 28.9 Å². The minimum Gasteiger partial charge on any atom is -0.394 e. The van der Waals surface area contributed by atoms with Crippen LogP contribution in [0, 0.1) is 0 Å². The van der Waals surface area contributed by atoms with E-state index in [9.17, 15) is 54.0 Å². The fourth-order valence-corrected chi connectivity index (χ4v) is 3.92. The van der Waals surface area contributed by atoms with Crippen molar-refractivity contribution >= 4 is 0 Å². The molecular weight excluding hydrogens is 445 g/mol. The van der Waals surface area contributed by atoms with Gasteiger partial charge in [0, 0.05) is 0 Å². The summed E-state index contributed by atoms with van der Waals surface area (Å²) in [5, 5.41) is 79.0. The smallest absolute Gasteiger partial charge is 0.394 e. The summed E-state index contributed by atoms with van der Waals surface area (Å²) in [5.41, 5.74) is -1.87. The molecule has 0 radical (unpaired) electrons. The molecular formula is C19H25F3O10. The van der Waals surface area contributed by atoms with Crippen molar-refractivity contribution in [3.05, 3.63) is 34.9 Å². The molecule has 182 valence electrons. The van der Waals surface area contributed by atoms with Crippen LogP contribution in [0.25, 0.3) is 0 Å². The van der Waals surface area contributed by atoms with Crippen LogP contribution < -0.4 is 0 Å². The molecule has 8 N–H and O–H groups in total. The van der Waals surface area contributed by atoms with Crippen LogP contribution >= 0.6 is 0 Å². The van der Waals surface area contributed by atoms with E-state index in [1.165, 1.54) is 0 Å². The van der Waals surface area contributed by atoms with Gasteiger partial charge in [0.15, 0.2) is 0 Å². The van der Waals surface area contributed by atoms with Gasteiger partial charge in [0.05, 0.1) is 18.8 Å². The molecule has 0 bridgehead atoms. The van der Waals surface area contributed by atoms with Gasteiger partial charge in [-0.25, -0.2) is 0 Å². The van der Waals surface area contributed by atoms with E-state index >= 15 is 0 Å². The predicted molar refractivity (Wildman–Crippen MR) is 96.9 cm³/mol. The van der Waals surface area contributed by atoms with Crippen molar-refractivity contribution in [1.82, 2.24) is 0 Å². The monoisotopic (exact) mass is 470 g/mol. The molecule has 2 saturated heterocycles. The minimum absolute atomic E-state index is 0.316. The van der Waals surface area contributed by atoms with Crippen molar-refractivity contribution in [2.75, 3.05) is 13.2 Å². The summed E-state index contributed by atoms with van der Waals surface area (Å²) in [5.74, 6) is 0. The number of ether oxygens (including phenoxy) is 2. The summed E-state index contributed by atoms with van der Waals surface area (Å²) in [6, 6.07) is 2.31. The number of halogens is 3. The highest BCUT2D eigenvalue weighted by molar-refractivity contribution is 5.36. The molecule has 1 aromatic rings. The molecule has 0 amide bonds. The van der Waals surface area contributed by atoms with Gasteiger partial charge in [-0.3, -0.25) is 0 Å². The Bertz CT molecular complexity index is 735. The lowest BCUT2D eigenvalue weighted by atomic mass is 9.86. The largest absolute Gasteiger partial charge is 0.416 e. The van der Waals surface area contributed by atoms with Gasteiger partial charge in [0.1, 0.15) is 61.0 Å². The zero-order valence-electron chi connectivity index (χ0n) is 16.4. The van der Waals surface area contributed by atoms with E-state index in [0.29, 0.717) is 12.1 Å². The van der Waals surface area contributed by atoms with Gasteiger partial charge >= 0.3 is 6.18 Å². The van der Waals surface area contributed by atoms with Crippen molar-refractivity contribution in [1.29, 1.82) is 0 Å². The number of rotatable bonds is 4. The molecule has 2 aliphatic rings. The first kappa shape index (κ1) is 25.2. The molecule has 3 rings (SSSR count). The van der Waals surface area contributed by atoms with Crippen LogP contribution in [-0.4, -0.2) is 103 Å². The molecule has 10 atom stereocenters. The summed E-state index contributed by atoms with van der Waals surface area (Å²) < 4.78 is 51.4. The second-order valence-electron chi connectivity index (χ2n) is 7.89. The number of aliphatic hydroxyl groups excluding tert-OH is 8. The maximum atomic E-state index is 13.6. The molecule has 0 aliphatic carbocycles. The van der Waals surface area contributed by atoms with Crippen LogP contribution in [0.15, 0.2) is 18.2 Å². The van der Waals surface area contributed by atoms with Gasteiger partial charge < -0.3 is 50.3 Å². The summed E-state index contributed by atoms with van der Waals surface area (Å²) in [6.07, 6.45) is -21.7. The van der Waals surface area contributed by atoms with Crippen molar-refractivity contribution in [3.63, 3.8) is 0 Å². The summed E-state index contributed by atoms with van der Waals surface area (Å²) in [4.78, 5) is 0. The lowest BCUT2D eigenvalue weighted by Gasteiger charge is -2.42. The molecule has 2 heterocycles. The van der Waals surface area contributed by atoms with Crippen LogP contribution in [0.4, 0.5) is 13.2 Å². The topological polar surface area (TPSA) is 180 Å². The molecule has 2 fully saturated rings. The van der Waals surface area contributed by atoms with Crippen LogP contribution in [0.3, 0.4) is 0 Å². The van der Waals surface area contributed by atoms with Gasteiger partial charge in [-0.15, -0.1) is 0 Å². The first-order valence-corrected chi connectivity index (χ1v) is 9.73. The first-order valence-electron chi connectivity index (χ1n) is 9.73. The molecule has 1 aromatic carbocycles. The maximum Gasteiger partial charge on any atom is 0.416 e. The number of benzene rings is 1. The first-order chi connectivity index (χ1) is 14.9. The Morgan fingerprint density at radius 3 is 1.31 bits per heavy atom. The third-order valence-electron chi connectivity index (χ3n) is 5.75. The Kier molecular flexibility index (Phi) is 7.46. The molecule has 2 aliphatic heterocycles. The highest BCUT2D eigenvalue weighted by Crippen LogP contribution is 2.40. The van der Waals surface area contributed by atoms with Gasteiger partial charge in [-0.05, 0) is 23.3 Å². The maximum absolute atomic E-state index is 13.6. The Balaban J connectivity index is 2.06. The van der Waals surface area contributed by atoms with E-state index in [4.69, 9.17) is 9.47 Å². The van der Waals surface area contributed by atoms with Crippen LogP contribution in [0.2, 0.25) is 0 Å². The number of alkyl halides is 3. The lowest BCUT2D eigenvalue weighted by Crippen LogP contribution is -2.55. The second kappa shape index (κ2) is 9.46. The predicted octanol–water partition coefficient (Wildman–Crippen LogP) is -2.26. The Morgan fingerprint density at radius 1 is 0.625 bits per heavy atom. The average molecular weight is 470 g/mol. The molecule has 0 aromatic heterocycles. The molecule has 10 nitrogen and oxygen atoms in total. The van der Waals surface area contributed by atoms with Crippen molar-refractivity contribution in [3.8, 4) is 0 Å². The minimum atomic E-state index is -4.90. The molecule has 0 unspecified atom stereocenters. The van der Waals surface area contributed by atoms with Crippen molar-refractivity contribution in [2.45, 2.75) is 67.2 Å². The van der Waals surface area contributed by atoms with Crippen molar-refractivity contribution < 1.29 is 63.5 Å². The third kappa shape index (κ3) is 4.63. The van der Waals surface area contributed by atoms with Crippen molar-refractivity contribution in [2.24, 2.45) is 0 Å². The Hall–Kier alpha value is -1.39.